The average Bonchev–Trinajstić information content (AvgIpc) is 2.47. The van der Waals surface area contributed by atoms with Crippen LogP contribution in [0.3, 0.4) is 0 Å². The minimum absolute atomic E-state index is 0.0954. The topological polar surface area (TPSA) is 39.6 Å². The third-order valence-corrected chi connectivity index (χ3v) is 4.66. The largest absolute Gasteiger partial charge is 0.392 e. The second kappa shape index (κ2) is 5.47. The Morgan fingerprint density at radius 1 is 1.37 bits per heavy atom. The Morgan fingerprint density at radius 2 is 2.26 bits per heavy atom. The van der Waals surface area contributed by atoms with Gasteiger partial charge in [0.1, 0.15) is 5.82 Å². The summed E-state index contributed by atoms with van der Waals surface area (Å²) in [6.07, 6.45) is 5.69. The molecule has 1 aromatic heterocycles. The highest BCUT2D eigenvalue weighted by Crippen LogP contribution is 2.31. The zero-order valence-electron chi connectivity index (χ0n) is 11.6. The maximum absolute atomic E-state index is 9.23. The molecule has 2 aliphatic heterocycles. The standard InChI is InChI=1S/C15H23N3O/c1-17-7-2-3-13-10-18(8-5-14(13)17)15-9-12(11-19)4-6-16-15/h4,6,9,13-14,19H,2-3,5,7-8,10-11H2,1H3. The molecule has 4 nitrogen and oxygen atoms in total. The number of fused-ring (bicyclic) bond motifs is 1. The predicted molar refractivity (Wildman–Crippen MR) is 76.1 cm³/mol. The molecule has 0 saturated carbocycles. The molecular formula is C15H23N3O. The van der Waals surface area contributed by atoms with Crippen molar-refractivity contribution in [3.8, 4) is 0 Å². The maximum atomic E-state index is 9.23. The number of pyridine rings is 1. The van der Waals surface area contributed by atoms with E-state index in [2.05, 4.69) is 21.8 Å². The van der Waals surface area contributed by atoms with E-state index in [9.17, 15) is 5.11 Å². The number of hydrogen-bond donors (Lipinski definition) is 1. The quantitative estimate of drug-likeness (QED) is 0.875. The van der Waals surface area contributed by atoms with Gasteiger partial charge >= 0.3 is 0 Å². The summed E-state index contributed by atoms with van der Waals surface area (Å²) in [6.45, 7) is 3.53. The fraction of sp³-hybridized carbons (Fsp3) is 0.667. The third-order valence-electron chi connectivity index (χ3n) is 4.66. The molecule has 0 spiro atoms. The van der Waals surface area contributed by atoms with Gasteiger partial charge in [0, 0.05) is 25.3 Å². The molecule has 0 bridgehead atoms. The number of rotatable bonds is 2. The number of aliphatic hydroxyl groups is 1. The van der Waals surface area contributed by atoms with Crippen molar-refractivity contribution < 1.29 is 5.11 Å². The minimum atomic E-state index is 0.0954. The van der Waals surface area contributed by atoms with Crippen molar-refractivity contribution >= 4 is 5.82 Å². The fourth-order valence-electron chi connectivity index (χ4n) is 3.59. The molecule has 3 rings (SSSR count). The van der Waals surface area contributed by atoms with Crippen molar-refractivity contribution in [3.63, 3.8) is 0 Å². The van der Waals surface area contributed by atoms with Crippen LogP contribution in [0.5, 0.6) is 0 Å². The SMILES string of the molecule is CN1CCCC2CN(c3cc(CO)ccn3)CCC21. The van der Waals surface area contributed by atoms with E-state index in [0.29, 0.717) is 0 Å². The summed E-state index contributed by atoms with van der Waals surface area (Å²) in [5.74, 6) is 1.80. The van der Waals surface area contributed by atoms with Gasteiger partial charge in [-0.2, -0.15) is 0 Å². The molecule has 1 aromatic rings. The highest BCUT2D eigenvalue weighted by molar-refractivity contribution is 5.41. The normalized spacial score (nSPS) is 28.2. The number of likely N-dealkylation sites (tertiary alicyclic amines) is 1. The van der Waals surface area contributed by atoms with Crippen molar-refractivity contribution in [2.45, 2.75) is 31.9 Å². The van der Waals surface area contributed by atoms with E-state index in [1.165, 1.54) is 25.8 Å². The zero-order chi connectivity index (χ0) is 13.2. The van der Waals surface area contributed by atoms with Crippen molar-refractivity contribution in [1.82, 2.24) is 9.88 Å². The first-order valence-electron chi connectivity index (χ1n) is 7.29. The van der Waals surface area contributed by atoms with Crippen LogP contribution in [-0.2, 0) is 6.61 Å². The van der Waals surface area contributed by atoms with Crippen LogP contribution < -0.4 is 4.90 Å². The second-order valence-electron chi connectivity index (χ2n) is 5.87. The summed E-state index contributed by atoms with van der Waals surface area (Å²) in [5.41, 5.74) is 0.952. The van der Waals surface area contributed by atoms with Gasteiger partial charge in [-0.25, -0.2) is 4.98 Å². The Balaban J connectivity index is 1.73. The van der Waals surface area contributed by atoms with E-state index >= 15 is 0 Å². The summed E-state index contributed by atoms with van der Waals surface area (Å²) >= 11 is 0. The summed E-state index contributed by atoms with van der Waals surface area (Å²) in [6, 6.07) is 4.66. The molecule has 2 unspecified atom stereocenters. The molecule has 2 saturated heterocycles. The monoisotopic (exact) mass is 261 g/mol. The summed E-state index contributed by atoms with van der Waals surface area (Å²) in [4.78, 5) is 9.39. The molecule has 3 heterocycles. The Labute approximate surface area is 115 Å². The number of aliphatic hydroxyl groups excluding tert-OH is 1. The van der Waals surface area contributed by atoms with E-state index in [-0.39, 0.29) is 6.61 Å². The highest BCUT2D eigenvalue weighted by Gasteiger charge is 2.34. The van der Waals surface area contributed by atoms with Gasteiger partial charge in [0.2, 0.25) is 0 Å². The summed E-state index contributed by atoms with van der Waals surface area (Å²) in [5, 5.41) is 9.23. The predicted octanol–water partition coefficient (Wildman–Crippen LogP) is 1.49. The number of aromatic nitrogens is 1. The lowest BCUT2D eigenvalue weighted by molar-refractivity contribution is 0.102. The van der Waals surface area contributed by atoms with Gasteiger partial charge in [-0.3, -0.25) is 0 Å². The first-order chi connectivity index (χ1) is 9.28. The zero-order valence-corrected chi connectivity index (χ0v) is 11.6. The van der Waals surface area contributed by atoms with Crippen LogP contribution in [0.1, 0.15) is 24.8 Å². The second-order valence-corrected chi connectivity index (χ2v) is 5.87. The van der Waals surface area contributed by atoms with Crippen LogP contribution in [0, 0.1) is 5.92 Å². The first-order valence-corrected chi connectivity index (χ1v) is 7.29. The summed E-state index contributed by atoms with van der Waals surface area (Å²) < 4.78 is 0. The van der Waals surface area contributed by atoms with Crippen molar-refractivity contribution in [1.29, 1.82) is 0 Å². The smallest absolute Gasteiger partial charge is 0.128 e. The minimum Gasteiger partial charge on any atom is -0.392 e. The van der Waals surface area contributed by atoms with Crippen LogP contribution in [-0.4, -0.2) is 47.7 Å². The van der Waals surface area contributed by atoms with Crippen LogP contribution in [0.2, 0.25) is 0 Å². The molecule has 1 N–H and O–H groups in total. The fourth-order valence-corrected chi connectivity index (χ4v) is 3.59. The van der Waals surface area contributed by atoms with E-state index in [1.54, 1.807) is 6.20 Å². The lowest BCUT2D eigenvalue weighted by Crippen LogP contribution is -2.52. The van der Waals surface area contributed by atoms with Crippen LogP contribution in [0.15, 0.2) is 18.3 Å². The molecular weight excluding hydrogens is 238 g/mol. The molecule has 4 heteroatoms. The number of hydrogen-bond acceptors (Lipinski definition) is 4. The van der Waals surface area contributed by atoms with E-state index in [1.807, 2.05) is 12.1 Å². The van der Waals surface area contributed by atoms with Crippen LogP contribution in [0.4, 0.5) is 5.82 Å². The molecule has 0 aliphatic carbocycles. The maximum Gasteiger partial charge on any atom is 0.128 e. The van der Waals surface area contributed by atoms with Gasteiger partial charge in [0.05, 0.1) is 6.61 Å². The Kier molecular flexibility index (Phi) is 3.71. The number of anilines is 1. The highest BCUT2D eigenvalue weighted by atomic mass is 16.3. The van der Waals surface area contributed by atoms with Crippen LogP contribution in [0.25, 0.3) is 0 Å². The van der Waals surface area contributed by atoms with Crippen molar-refractivity contribution in [3.05, 3.63) is 23.9 Å². The van der Waals surface area contributed by atoms with Crippen molar-refractivity contribution in [2.24, 2.45) is 5.92 Å². The number of nitrogens with zero attached hydrogens (tertiary/aromatic N) is 3. The lowest BCUT2D eigenvalue weighted by Gasteiger charge is -2.46. The molecule has 2 fully saturated rings. The van der Waals surface area contributed by atoms with Gasteiger partial charge in [0.25, 0.3) is 0 Å². The van der Waals surface area contributed by atoms with E-state index in [4.69, 9.17) is 0 Å². The molecule has 104 valence electrons. The molecule has 19 heavy (non-hydrogen) atoms. The Morgan fingerprint density at radius 3 is 3.11 bits per heavy atom. The average molecular weight is 261 g/mol. The molecule has 2 aliphatic rings. The van der Waals surface area contributed by atoms with Gasteiger partial charge in [-0.1, -0.05) is 0 Å². The molecule has 0 amide bonds. The van der Waals surface area contributed by atoms with E-state index < -0.39 is 0 Å². The summed E-state index contributed by atoms with van der Waals surface area (Å²) in [7, 11) is 2.26. The molecule has 0 aromatic carbocycles. The van der Waals surface area contributed by atoms with Gasteiger partial charge in [-0.05, 0) is 56.5 Å². The third kappa shape index (κ3) is 2.60. The Hall–Kier alpha value is -1.13. The van der Waals surface area contributed by atoms with Crippen molar-refractivity contribution in [2.75, 3.05) is 31.6 Å². The molecule has 0 radical (unpaired) electrons. The number of piperidine rings is 2. The lowest BCUT2D eigenvalue weighted by atomic mass is 9.84. The van der Waals surface area contributed by atoms with Crippen LogP contribution >= 0.6 is 0 Å². The van der Waals surface area contributed by atoms with Gasteiger partial charge < -0.3 is 14.9 Å². The van der Waals surface area contributed by atoms with Gasteiger partial charge in [0.15, 0.2) is 0 Å². The first kappa shape index (κ1) is 12.9. The molecule has 2 atom stereocenters. The van der Waals surface area contributed by atoms with Gasteiger partial charge in [-0.15, -0.1) is 0 Å². The Bertz CT molecular complexity index is 437. The van der Waals surface area contributed by atoms with E-state index in [0.717, 1.165) is 36.4 Å².